The third-order valence-corrected chi connectivity index (χ3v) is 7.35. The molecule has 0 aromatic heterocycles. The molecule has 7 heteroatoms. The molecule has 6 bridgehead atoms. The number of nitrogens with two attached hydrogens (primary N) is 1. The molecule has 3 heterocycles. The maximum Gasteiger partial charge on any atom is 0.251 e. The minimum atomic E-state index is -0.123. The summed E-state index contributed by atoms with van der Waals surface area (Å²) in [5.41, 5.74) is 11.4. The van der Waals surface area contributed by atoms with Gasteiger partial charge in [-0.3, -0.25) is 14.5 Å². The first kappa shape index (κ1) is 23.4. The monoisotopic (exact) mass is 474 g/mol. The van der Waals surface area contributed by atoms with Gasteiger partial charge in [-0.25, -0.2) is 4.99 Å². The smallest absolute Gasteiger partial charge is 0.251 e. The zero-order valence-corrected chi connectivity index (χ0v) is 20.4. The molecule has 3 aliphatic heterocycles. The van der Waals surface area contributed by atoms with E-state index in [1.165, 1.54) is 21.6 Å². The van der Waals surface area contributed by atoms with Crippen LogP contribution in [0, 0.1) is 0 Å². The lowest BCUT2D eigenvalue weighted by molar-refractivity contribution is -0.128. The Bertz CT molecular complexity index is 1160. The molecule has 35 heavy (non-hydrogen) atoms. The predicted octanol–water partition coefficient (Wildman–Crippen LogP) is 4.03. The number of fused-ring (bicyclic) bond motifs is 6. The number of guanidine groups is 1. The molecule has 2 aromatic carbocycles. The van der Waals surface area contributed by atoms with Crippen molar-refractivity contribution in [2.75, 3.05) is 6.61 Å². The summed E-state index contributed by atoms with van der Waals surface area (Å²) < 4.78 is 5.81. The Morgan fingerprint density at radius 1 is 1.06 bits per heavy atom. The Morgan fingerprint density at radius 2 is 1.94 bits per heavy atom. The molecule has 2 aromatic rings. The van der Waals surface area contributed by atoms with E-state index in [0.717, 1.165) is 50.5 Å². The molecule has 0 radical (unpaired) electrons. The predicted molar refractivity (Wildman–Crippen MR) is 135 cm³/mol. The molecule has 2 atom stereocenters. The van der Waals surface area contributed by atoms with Gasteiger partial charge in [0.15, 0.2) is 5.96 Å². The molecule has 4 aliphatic rings. The van der Waals surface area contributed by atoms with E-state index >= 15 is 0 Å². The van der Waals surface area contributed by atoms with Crippen LogP contribution in [-0.4, -0.2) is 35.3 Å². The third-order valence-electron chi connectivity index (χ3n) is 7.35. The number of nitrogens with zero attached hydrogens (tertiary/aromatic N) is 2. The van der Waals surface area contributed by atoms with Gasteiger partial charge in [0.05, 0.1) is 25.2 Å². The van der Waals surface area contributed by atoms with Crippen molar-refractivity contribution in [1.82, 2.24) is 10.2 Å². The van der Waals surface area contributed by atoms with Crippen molar-refractivity contribution in [3.63, 3.8) is 0 Å². The summed E-state index contributed by atoms with van der Waals surface area (Å²) in [7, 11) is 0. The number of aliphatic imine (C=N–C) groups is 1. The van der Waals surface area contributed by atoms with Gasteiger partial charge in [-0.05, 0) is 73.9 Å². The summed E-state index contributed by atoms with van der Waals surface area (Å²) in [5.74, 6) is 0.735. The van der Waals surface area contributed by atoms with Crippen LogP contribution >= 0.6 is 0 Å². The Morgan fingerprint density at radius 3 is 2.77 bits per heavy atom. The first-order valence-corrected chi connectivity index (χ1v) is 12.8. The Hall–Kier alpha value is -3.35. The number of aryl methyl sites for hydroxylation is 2. The van der Waals surface area contributed by atoms with Crippen LogP contribution in [0.15, 0.2) is 41.4 Å². The van der Waals surface area contributed by atoms with Crippen LogP contribution in [0.3, 0.4) is 0 Å². The molecule has 6 rings (SSSR count). The van der Waals surface area contributed by atoms with Gasteiger partial charge in [0.2, 0.25) is 5.91 Å². The molecule has 0 saturated carbocycles. The second-order valence-electron chi connectivity index (χ2n) is 9.78. The fourth-order valence-electron chi connectivity index (χ4n) is 5.47. The van der Waals surface area contributed by atoms with E-state index in [1.807, 2.05) is 19.1 Å². The van der Waals surface area contributed by atoms with Crippen LogP contribution in [0.1, 0.15) is 84.1 Å². The number of ether oxygens (including phenoxy) is 1. The van der Waals surface area contributed by atoms with E-state index in [9.17, 15) is 9.59 Å². The van der Waals surface area contributed by atoms with Crippen molar-refractivity contribution in [1.29, 1.82) is 0 Å². The van der Waals surface area contributed by atoms with Gasteiger partial charge in [0, 0.05) is 17.5 Å². The van der Waals surface area contributed by atoms with Crippen molar-refractivity contribution in [3.8, 4) is 5.75 Å². The number of hydrogen-bond donors (Lipinski definition) is 2. The molecule has 0 saturated heterocycles. The van der Waals surface area contributed by atoms with E-state index < -0.39 is 0 Å². The van der Waals surface area contributed by atoms with E-state index in [-0.39, 0.29) is 36.4 Å². The third kappa shape index (κ3) is 5.04. The number of carbonyl (C=O) groups is 2. The molecule has 3 N–H and O–H groups in total. The van der Waals surface area contributed by atoms with Crippen LogP contribution in [-0.2, 0) is 24.2 Å². The summed E-state index contributed by atoms with van der Waals surface area (Å²) in [6.07, 6.45) is 7.32. The molecule has 184 valence electrons. The second kappa shape index (κ2) is 10.1. The molecule has 2 unspecified atom stereocenters. The standard InChI is InChI=1S/C28H34N4O3/c1-2-35-25-13-11-20-15-21(25)17-32-26(33)16-22(30-28(32)29)7-5-3-4-6-18-8-9-19-10-12-24(23(19)14-18)31-27(20)34/h8-9,11,13-15,22,24H,2-7,10,12,16-17H2,1H3,(H2,29,30)(H,31,34). The first-order chi connectivity index (χ1) is 17.0. The van der Waals surface area contributed by atoms with Gasteiger partial charge in [0.1, 0.15) is 5.75 Å². The van der Waals surface area contributed by atoms with E-state index in [2.05, 4.69) is 28.5 Å². The normalized spacial score (nSPS) is 22.7. The molecule has 1 aliphatic carbocycles. The number of nitrogens with one attached hydrogen (secondary N) is 1. The van der Waals surface area contributed by atoms with Crippen molar-refractivity contribution >= 4 is 17.8 Å². The summed E-state index contributed by atoms with van der Waals surface area (Å²) in [6, 6.07) is 12.1. The largest absolute Gasteiger partial charge is 0.494 e. The Labute approximate surface area is 206 Å². The van der Waals surface area contributed by atoms with Gasteiger partial charge in [0.25, 0.3) is 5.91 Å². The minimum Gasteiger partial charge on any atom is -0.494 e. The highest BCUT2D eigenvalue weighted by Crippen LogP contribution is 2.33. The number of hydrogen-bond acceptors (Lipinski definition) is 5. The molecule has 2 amide bonds. The van der Waals surface area contributed by atoms with Crippen LogP contribution in [0.25, 0.3) is 0 Å². The molecule has 0 spiro atoms. The van der Waals surface area contributed by atoms with Crippen LogP contribution in [0.2, 0.25) is 0 Å². The van der Waals surface area contributed by atoms with Gasteiger partial charge in [-0.1, -0.05) is 31.0 Å². The number of rotatable bonds is 2. The summed E-state index contributed by atoms with van der Waals surface area (Å²) in [4.78, 5) is 32.4. The van der Waals surface area contributed by atoms with Gasteiger partial charge < -0.3 is 15.8 Å². The fraction of sp³-hybridized carbons (Fsp3) is 0.464. The van der Waals surface area contributed by atoms with Gasteiger partial charge in [-0.2, -0.15) is 0 Å². The Balaban J connectivity index is 1.49. The van der Waals surface area contributed by atoms with E-state index in [1.54, 1.807) is 6.07 Å². The van der Waals surface area contributed by atoms with Crippen molar-refractivity contribution < 1.29 is 14.3 Å². The van der Waals surface area contributed by atoms with E-state index in [0.29, 0.717) is 24.3 Å². The quantitative estimate of drug-likeness (QED) is 0.687. The zero-order valence-electron chi connectivity index (χ0n) is 20.4. The fourth-order valence-corrected chi connectivity index (χ4v) is 5.47. The maximum atomic E-state index is 13.3. The number of benzene rings is 2. The summed E-state index contributed by atoms with van der Waals surface area (Å²) in [6.45, 7) is 2.63. The van der Waals surface area contributed by atoms with Gasteiger partial charge in [-0.15, -0.1) is 0 Å². The first-order valence-electron chi connectivity index (χ1n) is 12.8. The van der Waals surface area contributed by atoms with E-state index in [4.69, 9.17) is 10.5 Å². The lowest BCUT2D eigenvalue weighted by Gasteiger charge is -2.29. The number of amides is 2. The van der Waals surface area contributed by atoms with Crippen molar-refractivity contribution in [3.05, 3.63) is 64.2 Å². The molecular weight excluding hydrogens is 440 g/mol. The zero-order chi connectivity index (χ0) is 24.4. The highest BCUT2D eigenvalue weighted by atomic mass is 16.5. The second-order valence-corrected chi connectivity index (χ2v) is 9.78. The van der Waals surface area contributed by atoms with Gasteiger partial charge >= 0.3 is 0 Å². The maximum absolute atomic E-state index is 13.3. The van der Waals surface area contributed by atoms with Crippen LogP contribution < -0.4 is 15.8 Å². The Kier molecular flexibility index (Phi) is 6.75. The van der Waals surface area contributed by atoms with Crippen LogP contribution in [0.5, 0.6) is 5.75 Å². The topological polar surface area (TPSA) is 97.0 Å². The average molecular weight is 475 g/mol. The molecular formula is C28H34N4O3. The SMILES string of the molecule is CCOc1ccc2cc1CN1C(=O)CC(CCCCCc3ccc4c(c3)C(CC4)NC2=O)N=C1N. The minimum absolute atomic E-state index is 0.0123. The average Bonchev–Trinajstić information content (AvgIpc) is 3.23. The molecule has 0 fully saturated rings. The lowest BCUT2D eigenvalue weighted by Crippen LogP contribution is -2.46. The lowest BCUT2D eigenvalue weighted by atomic mass is 9.99. The summed E-state index contributed by atoms with van der Waals surface area (Å²) in [5, 5.41) is 3.24. The van der Waals surface area contributed by atoms with Crippen molar-refractivity contribution in [2.24, 2.45) is 10.7 Å². The van der Waals surface area contributed by atoms with Crippen LogP contribution in [0.4, 0.5) is 0 Å². The highest BCUT2D eigenvalue weighted by Gasteiger charge is 2.29. The molecule has 7 nitrogen and oxygen atoms in total. The summed E-state index contributed by atoms with van der Waals surface area (Å²) >= 11 is 0. The van der Waals surface area contributed by atoms with Crippen molar-refractivity contribution in [2.45, 2.75) is 76.9 Å². The number of carbonyl (C=O) groups excluding carboxylic acids is 2. The highest BCUT2D eigenvalue weighted by molar-refractivity contribution is 5.98.